The second-order valence-electron chi connectivity index (χ2n) is 4.06. The Kier molecular flexibility index (Phi) is 1.25. The molecule has 0 aromatic carbocycles. The van der Waals surface area contributed by atoms with E-state index in [1.807, 2.05) is 13.0 Å². The zero-order chi connectivity index (χ0) is 8.11. The van der Waals surface area contributed by atoms with Crippen LogP contribution in [0, 0.1) is 0 Å². The maximum absolute atomic E-state index is 9.65. The molecular formula is C9H14O2. The van der Waals surface area contributed by atoms with Crippen LogP contribution in [0.3, 0.4) is 0 Å². The van der Waals surface area contributed by atoms with Gasteiger partial charge in [0.15, 0.2) is 0 Å². The molecule has 1 N–H and O–H groups in total. The average Bonchev–Trinajstić information content (AvgIpc) is 1.99. The van der Waals surface area contributed by atoms with E-state index in [1.54, 1.807) is 0 Å². The number of aliphatic hydroxyl groups excluding tert-OH is 1. The summed E-state index contributed by atoms with van der Waals surface area (Å²) in [6.45, 7) is 4.00. The number of ether oxygens (including phenoxy) is 1. The van der Waals surface area contributed by atoms with Gasteiger partial charge in [0.2, 0.25) is 0 Å². The minimum Gasteiger partial charge on any atom is -0.390 e. The predicted molar refractivity (Wildman–Crippen MR) is 42.3 cm³/mol. The number of hydrogen-bond donors (Lipinski definition) is 1. The summed E-state index contributed by atoms with van der Waals surface area (Å²) >= 11 is 0. The van der Waals surface area contributed by atoms with E-state index >= 15 is 0 Å². The Morgan fingerprint density at radius 2 is 2.27 bits per heavy atom. The van der Waals surface area contributed by atoms with Gasteiger partial charge in [-0.2, -0.15) is 0 Å². The van der Waals surface area contributed by atoms with E-state index in [-0.39, 0.29) is 11.7 Å². The van der Waals surface area contributed by atoms with Crippen molar-refractivity contribution < 1.29 is 9.84 Å². The van der Waals surface area contributed by atoms with Crippen molar-refractivity contribution in [1.29, 1.82) is 0 Å². The van der Waals surface area contributed by atoms with Crippen LogP contribution in [0.1, 0.15) is 26.7 Å². The molecule has 0 spiro atoms. The lowest BCUT2D eigenvalue weighted by Crippen LogP contribution is -2.36. The van der Waals surface area contributed by atoms with Crippen molar-refractivity contribution in [3.8, 4) is 0 Å². The van der Waals surface area contributed by atoms with Crippen molar-refractivity contribution in [1.82, 2.24) is 0 Å². The van der Waals surface area contributed by atoms with Crippen molar-refractivity contribution in [3.63, 3.8) is 0 Å². The van der Waals surface area contributed by atoms with Crippen molar-refractivity contribution in [2.75, 3.05) is 0 Å². The third-order valence-corrected chi connectivity index (χ3v) is 2.75. The third kappa shape index (κ3) is 0.932. The van der Waals surface area contributed by atoms with E-state index in [1.165, 1.54) is 0 Å². The van der Waals surface area contributed by atoms with Crippen LogP contribution in [0.5, 0.6) is 0 Å². The summed E-state index contributed by atoms with van der Waals surface area (Å²) in [5, 5.41) is 9.65. The highest BCUT2D eigenvalue weighted by molar-refractivity contribution is 5.17. The van der Waals surface area contributed by atoms with Gasteiger partial charge in [0, 0.05) is 6.42 Å². The number of aliphatic hydroxyl groups is 1. The Morgan fingerprint density at radius 1 is 1.55 bits per heavy atom. The summed E-state index contributed by atoms with van der Waals surface area (Å²) in [5.74, 6) is 0. The maximum atomic E-state index is 9.65. The number of hydrogen-bond acceptors (Lipinski definition) is 2. The standard InChI is InChI=1S/C9H14O2/c1-8-4-3-5-9(2,11-8)7(10)6-8/h3,5,7,10H,4,6H2,1-2H3. The van der Waals surface area contributed by atoms with Crippen LogP contribution in [-0.2, 0) is 4.74 Å². The minimum atomic E-state index is -0.410. The van der Waals surface area contributed by atoms with Gasteiger partial charge < -0.3 is 9.84 Å². The first-order valence-electron chi connectivity index (χ1n) is 4.10. The molecular weight excluding hydrogens is 140 g/mol. The molecule has 0 radical (unpaired) electrons. The van der Waals surface area contributed by atoms with Gasteiger partial charge in [-0.15, -0.1) is 0 Å². The zero-order valence-electron chi connectivity index (χ0n) is 7.00. The topological polar surface area (TPSA) is 29.5 Å². The van der Waals surface area contributed by atoms with Gasteiger partial charge in [-0.1, -0.05) is 12.2 Å². The third-order valence-electron chi connectivity index (χ3n) is 2.75. The molecule has 3 unspecified atom stereocenters. The second kappa shape index (κ2) is 1.87. The monoisotopic (exact) mass is 154 g/mol. The van der Waals surface area contributed by atoms with Gasteiger partial charge in [0.05, 0.1) is 11.7 Å². The number of rotatable bonds is 0. The zero-order valence-corrected chi connectivity index (χ0v) is 7.00. The van der Waals surface area contributed by atoms with Gasteiger partial charge >= 0.3 is 0 Å². The molecule has 2 heteroatoms. The van der Waals surface area contributed by atoms with Crippen LogP contribution in [0.2, 0.25) is 0 Å². The molecule has 1 fully saturated rings. The van der Waals surface area contributed by atoms with Crippen molar-refractivity contribution in [2.24, 2.45) is 0 Å². The van der Waals surface area contributed by atoms with Crippen LogP contribution >= 0.6 is 0 Å². The fourth-order valence-electron chi connectivity index (χ4n) is 2.06. The molecule has 0 saturated carbocycles. The molecule has 2 heterocycles. The van der Waals surface area contributed by atoms with Crippen LogP contribution in [0.4, 0.5) is 0 Å². The molecule has 62 valence electrons. The van der Waals surface area contributed by atoms with Crippen molar-refractivity contribution in [2.45, 2.75) is 44.0 Å². The van der Waals surface area contributed by atoms with E-state index in [4.69, 9.17) is 4.74 Å². The summed E-state index contributed by atoms with van der Waals surface area (Å²) in [4.78, 5) is 0. The smallest absolute Gasteiger partial charge is 0.110 e. The molecule has 3 atom stereocenters. The lowest BCUT2D eigenvalue weighted by molar-refractivity contribution is -0.0853. The highest BCUT2D eigenvalue weighted by Crippen LogP contribution is 2.44. The Balaban J connectivity index is 2.36. The lowest BCUT2D eigenvalue weighted by atomic mass is 9.97. The van der Waals surface area contributed by atoms with Crippen LogP contribution in [0.25, 0.3) is 0 Å². The summed E-state index contributed by atoms with van der Waals surface area (Å²) < 4.78 is 5.75. The molecule has 1 saturated heterocycles. The minimum absolute atomic E-state index is 0.108. The molecule has 2 bridgehead atoms. The summed E-state index contributed by atoms with van der Waals surface area (Å²) in [6.07, 6.45) is 5.45. The highest BCUT2D eigenvalue weighted by atomic mass is 16.5. The van der Waals surface area contributed by atoms with E-state index in [9.17, 15) is 5.11 Å². The SMILES string of the molecule is CC12CC=CC(C)(O1)C(O)C2. The van der Waals surface area contributed by atoms with Gasteiger partial charge in [-0.05, 0) is 20.3 Å². The summed E-state index contributed by atoms with van der Waals surface area (Å²) in [5.41, 5.74) is -0.518. The Bertz CT molecular complexity index is 212. The average molecular weight is 154 g/mol. The highest BCUT2D eigenvalue weighted by Gasteiger charge is 2.50. The second-order valence-corrected chi connectivity index (χ2v) is 4.06. The largest absolute Gasteiger partial charge is 0.390 e. The summed E-state index contributed by atoms with van der Waals surface area (Å²) in [7, 11) is 0. The molecule has 2 aliphatic rings. The van der Waals surface area contributed by atoms with E-state index in [0.29, 0.717) is 0 Å². The molecule has 0 aliphatic carbocycles. The number of fused-ring (bicyclic) bond motifs is 2. The molecule has 0 aromatic rings. The van der Waals surface area contributed by atoms with E-state index < -0.39 is 5.60 Å². The first-order valence-corrected chi connectivity index (χ1v) is 4.10. The van der Waals surface area contributed by atoms with Crippen LogP contribution in [-0.4, -0.2) is 22.4 Å². The first kappa shape index (κ1) is 7.32. The quantitative estimate of drug-likeness (QED) is 0.532. The first-order chi connectivity index (χ1) is 5.04. The van der Waals surface area contributed by atoms with Crippen LogP contribution < -0.4 is 0 Å². The fraction of sp³-hybridized carbons (Fsp3) is 0.778. The van der Waals surface area contributed by atoms with Gasteiger partial charge in [-0.25, -0.2) is 0 Å². The molecule has 2 aliphatic heterocycles. The van der Waals surface area contributed by atoms with Gasteiger partial charge in [0.1, 0.15) is 5.60 Å². The van der Waals surface area contributed by atoms with Crippen molar-refractivity contribution >= 4 is 0 Å². The maximum Gasteiger partial charge on any atom is 0.110 e. The fourth-order valence-corrected chi connectivity index (χ4v) is 2.06. The normalized spacial score (nSPS) is 55.0. The molecule has 2 nitrogen and oxygen atoms in total. The summed E-state index contributed by atoms with van der Waals surface area (Å²) in [6, 6.07) is 0. The van der Waals surface area contributed by atoms with Gasteiger partial charge in [0.25, 0.3) is 0 Å². The van der Waals surface area contributed by atoms with Crippen LogP contribution in [0.15, 0.2) is 12.2 Å². The molecule has 2 rings (SSSR count). The predicted octanol–water partition coefficient (Wildman–Crippen LogP) is 1.24. The molecule has 0 amide bonds. The molecule has 11 heavy (non-hydrogen) atoms. The van der Waals surface area contributed by atoms with E-state index in [2.05, 4.69) is 13.0 Å². The van der Waals surface area contributed by atoms with Crippen molar-refractivity contribution in [3.05, 3.63) is 12.2 Å². The Hall–Kier alpha value is -0.340. The Morgan fingerprint density at radius 3 is 2.82 bits per heavy atom. The van der Waals surface area contributed by atoms with E-state index in [0.717, 1.165) is 12.8 Å². The molecule has 0 aromatic heterocycles. The Labute approximate surface area is 66.9 Å². The lowest BCUT2D eigenvalue weighted by Gasteiger charge is -2.31. The van der Waals surface area contributed by atoms with Gasteiger partial charge in [-0.3, -0.25) is 0 Å².